The zero-order valence-electron chi connectivity index (χ0n) is 10.6. The molecule has 0 aliphatic carbocycles. The van der Waals surface area contributed by atoms with Crippen LogP contribution in [0.4, 0.5) is 0 Å². The summed E-state index contributed by atoms with van der Waals surface area (Å²) in [7, 11) is 0. The minimum atomic E-state index is -0.144. The molecule has 1 N–H and O–H groups in total. The van der Waals surface area contributed by atoms with Crippen molar-refractivity contribution in [3.8, 4) is 0 Å². The molecule has 1 saturated heterocycles. The molecule has 1 amide bonds. The molecule has 2 nitrogen and oxygen atoms in total. The first-order chi connectivity index (χ1) is 8.43. The minimum absolute atomic E-state index is 0.144. The first-order valence-electron chi connectivity index (χ1n) is 6.18. The van der Waals surface area contributed by atoms with Crippen LogP contribution in [0.5, 0.6) is 0 Å². The van der Waals surface area contributed by atoms with Gasteiger partial charge in [0.1, 0.15) is 0 Å². The number of carbonyl (C=O) groups excluding carboxylic acids is 1. The summed E-state index contributed by atoms with van der Waals surface area (Å²) in [6.45, 7) is 4.30. The van der Waals surface area contributed by atoms with E-state index >= 15 is 0 Å². The standard InChI is InChI=1S/C14H17BrClNO/c1-9(2)14(6-5-13(18)17-14)8-10-3-4-11(15)7-12(10)16/h3-4,7,9H,5-6,8H2,1-2H3,(H,17,18). The summed E-state index contributed by atoms with van der Waals surface area (Å²) in [6.07, 6.45) is 2.30. The summed E-state index contributed by atoms with van der Waals surface area (Å²) >= 11 is 9.67. The molecule has 0 aromatic heterocycles. The fourth-order valence-corrected chi connectivity index (χ4v) is 3.25. The zero-order valence-corrected chi connectivity index (χ0v) is 12.9. The Morgan fingerprint density at radius 1 is 1.50 bits per heavy atom. The van der Waals surface area contributed by atoms with Gasteiger partial charge < -0.3 is 5.32 Å². The van der Waals surface area contributed by atoms with Crippen molar-refractivity contribution in [2.75, 3.05) is 0 Å². The van der Waals surface area contributed by atoms with E-state index < -0.39 is 0 Å². The van der Waals surface area contributed by atoms with Gasteiger partial charge in [-0.25, -0.2) is 0 Å². The minimum Gasteiger partial charge on any atom is -0.350 e. The second-order valence-electron chi connectivity index (χ2n) is 5.27. The van der Waals surface area contributed by atoms with Gasteiger partial charge in [-0.1, -0.05) is 47.4 Å². The van der Waals surface area contributed by atoms with Crippen LogP contribution in [0.25, 0.3) is 0 Å². The van der Waals surface area contributed by atoms with E-state index in [1.807, 2.05) is 18.2 Å². The first kappa shape index (κ1) is 13.9. The largest absolute Gasteiger partial charge is 0.350 e. The Morgan fingerprint density at radius 3 is 2.72 bits per heavy atom. The molecule has 1 aromatic carbocycles. The average Bonchev–Trinajstić information content (AvgIpc) is 2.66. The van der Waals surface area contributed by atoms with Crippen LogP contribution in [0.15, 0.2) is 22.7 Å². The molecule has 98 valence electrons. The fourth-order valence-electron chi connectivity index (χ4n) is 2.51. The van der Waals surface area contributed by atoms with Crippen molar-refractivity contribution in [3.63, 3.8) is 0 Å². The third-order valence-corrected chi connectivity index (χ3v) is 4.66. The molecule has 18 heavy (non-hydrogen) atoms. The molecule has 1 fully saturated rings. The van der Waals surface area contributed by atoms with Crippen molar-refractivity contribution in [1.82, 2.24) is 5.32 Å². The van der Waals surface area contributed by atoms with Gasteiger partial charge in [-0.3, -0.25) is 4.79 Å². The average molecular weight is 331 g/mol. The lowest BCUT2D eigenvalue weighted by atomic mass is 9.80. The third kappa shape index (κ3) is 2.72. The molecule has 1 heterocycles. The fraction of sp³-hybridized carbons (Fsp3) is 0.500. The van der Waals surface area contributed by atoms with Crippen LogP contribution in [0.1, 0.15) is 32.3 Å². The second kappa shape index (κ2) is 5.22. The summed E-state index contributed by atoms with van der Waals surface area (Å²) in [5, 5.41) is 3.90. The lowest BCUT2D eigenvalue weighted by Gasteiger charge is -2.34. The van der Waals surface area contributed by atoms with E-state index in [0.29, 0.717) is 12.3 Å². The number of carbonyl (C=O) groups is 1. The number of halogens is 2. The van der Waals surface area contributed by atoms with E-state index in [1.165, 1.54) is 0 Å². The molecular weight excluding hydrogens is 314 g/mol. The number of nitrogens with one attached hydrogen (secondary N) is 1. The molecule has 1 unspecified atom stereocenters. The normalized spacial score (nSPS) is 23.5. The molecule has 2 rings (SSSR count). The highest BCUT2D eigenvalue weighted by Crippen LogP contribution is 2.34. The number of benzene rings is 1. The lowest BCUT2D eigenvalue weighted by Crippen LogP contribution is -2.48. The SMILES string of the molecule is CC(C)C1(Cc2ccc(Br)cc2Cl)CCC(=O)N1. The van der Waals surface area contributed by atoms with Crippen LogP contribution in [0.2, 0.25) is 5.02 Å². The summed E-state index contributed by atoms with van der Waals surface area (Å²) in [6, 6.07) is 5.93. The maximum absolute atomic E-state index is 11.5. The van der Waals surface area contributed by atoms with E-state index in [4.69, 9.17) is 11.6 Å². The number of amides is 1. The molecule has 1 aromatic rings. The predicted molar refractivity (Wildman–Crippen MR) is 77.8 cm³/mol. The monoisotopic (exact) mass is 329 g/mol. The lowest BCUT2D eigenvalue weighted by molar-refractivity contribution is -0.120. The van der Waals surface area contributed by atoms with E-state index in [2.05, 4.69) is 35.1 Å². The van der Waals surface area contributed by atoms with E-state index in [1.54, 1.807) is 0 Å². The van der Waals surface area contributed by atoms with Gasteiger partial charge in [0, 0.05) is 21.5 Å². The van der Waals surface area contributed by atoms with Crippen LogP contribution in [0, 0.1) is 5.92 Å². The van der Waals surface area contributed by atoms with Crippen molar-refractivity contribution in [3.05, 3.63) is 33.3 Å². The molecule has 4 heteroatoms. The Hall–Kier alpha value is -0.540. The Kier molecular flexibility index (Phi) is 4.02. The quantitative estimate of drug-likeness (QED) is 0.893. The van der Waals surface area contributed by atoms with Crippen LogP contribution >= 0.6 is 27.5 Å². The molecule has 1 aliphatic rings. The number of hydrogen-bond donors (Lipinski definition) is 1. The highest BCUT2D eigenvalue weighted by molar-refractivity contribution is 9.10. The summed E-state index contributed by atoms with van der Waals surface area (Å²) < 4.78 is 0.977. The molecule has 0 saturated carbocycles. The van der Waals surface area contributed by atoms with Crippen molar-refractivity contribution in [1.29, 1.82) is 0 Å². The van der Waals surface area contributed by atoms with Gasteiger partial charge in [-0.2, -0.15) is 0 Å². The van der Waals surface area contributed by atoms with Crippen molar-refractivity contribution in [2.24, 2.45) is 5.92 Å². The summed E-state index contributed by atoms with van der Waals surface area (Å²) in [5.41, 5.74) is 0.949. The van der Waals surface area contributed by atoms with Gasteiger partial charge in [0.2, 0.25) is 5.91 Å². The van der Waals surface area contributed by atoms with Gasteiger partial charge in [0.15, 0.2) is 0 Å². The summed E-state index contributed by atoms with van der Waals surface area (Å²) in [4.78, 5) is 11.5. The Balaban J connectivity index is 2.27. The van der Waals surface area contributed by atoms with Crippen molar-refractivity contribution < 1.29 is 4.79 Å². The zero-order chi connectivity index (χ0) is 13.3. The van der Waals surface area contributed by atoms with Crippen molar-refractivity contribution in [2.45, 2.75) is 38.6 Å². The van der Waals surface area contributed by atoms with E-state index in [-0.39, 0.29) is 11.4 Å². The molecular formula is C14H17BrClNO. The van der Waals surface area contributed by atoms with Crippen LogP contribution in [-0.4, -0.2) is 11.4 Å². The Morgan fingerprint density at radius 2 is 2.22 bits per heavy atom. The summed E-state index contributed by atoms with van der Waals surface area (Å²) in [5.74, 6) is 0.542. The topological polar surface area (TPSA) is 29.1 Å². The van der Waals surface area contributed by atoms with Gasteiger partial charge in [0.05, 0.1) is 0 Å². The maximum Gasteiger partial charge on any atom is 0.220 e. The van der Waals surface area contributed by atoms with E-state index in [9.17, 15) is 4.79 Å². The van der Waals surface area contributed by atoms with Crippen LogP contribution in [-0.2, 0) is 11.2 Å². The second-order valence-corrected chi connectivity index (χ2v) is 6.59. The highest BCUT2D eigenvalue weighted by atomic mass is 79.9. The van der Waals surface area contributed by atoms with E-state index in [0.717, 1.165) is 27.9 Å². The van der Waals surface area contributed by atoms with Gasteiger partial charge in [-0.15, -0.1) is 0 Å². The molecule has 0 radical (unpaired) electrons. The first-order valence-corrected chi connectivity index (χ1v) is 7.35. The molecule has 0 bridgehead atoms. The molecule has 1 atom stereocenters. The number of rotatable bonds is 3. The Labute approximate surface area is 121 Å². The third-order valence-electron chi connectivity index (χ3n) is 3.81. The van der Waals surface area contributed by atoms with Crippen LogP contribution in [0.3, 0.4) is 0 Å². The van der Waals surface area contributed by atoms with Gasteiger partial charge in [-0.05, 0) is 36.5 Å². The predicted octanol–water partition coefficient (Wildman–Crippen LogP) is 3.95. The smallest absolute Gasteiger partial charge is 0.220 e. The maximum atomic E-state index is 11.5. The molecule has 1 aliphatic heterocycles. The van der Waals surface area contributed by atoms with Crippen LogP contribution < -0.4 is 5.32 Å². The highest BCUT2D eigenvalue weighted by Gasteiger charge is 2.40. The molecule has 0 spiro atoms. The van der Waals surface area contributed by atoms with Crippen molar-refractivity contribution >= 4 is 33.4 Å². The number of hydrogen-bond acceptors (Lipinski definition) is 1. The van der Waals surface area contributed by atoms with Gasteiger partial charge in [0.25, 0.3) is 0 Å². The Bertz CT molecular complexity index is 475. The van der Waals surface area contributed by atoms with Gasteiger partial charge >= 0.3 is 0 Å².